The molecule has 0 spiro atoms. The highest BCUT2D eigenvalue weighted by Crippen LogP contribution is 2.18. The third-order valence-corrected chi connectivity index (χ3v) is 3.75. The molecule has 0 radical (unpaired) electrons. The molecular weight excluding hydrogens is 260 g/mol. The molecule has 0 aromatic heterocycles. The molecule has 0 N–H and O–H groups in total. The molecule has 0 unspecified atom stereocenters. The predicted molar refractivity (Wildman–Crippen MR) is 89.1 cm³/mol. The molecule has 1 aliphatic rings. The lowest BCUT2D eigenvalue weighted by molar-refractivity contribution is -0.150. The predicted octanol–water partition coefficient (Wildman–Crippen LogP) is 5.50. The largest absolute Gasteiger partial charge is 0.458 e. The number of hydrogen-bond acceptors (Lipinski definition) is 2. The zero-order valence-electron chi connectivity index (χ0n) is 14.1. The maximum absolute atomic E-state index is 11.2. The summed E-state index contributed by atoms with van der Waals surface area (Å²) in [4.78, 5) is 11.2. The van der Waals surface area contributed by atoms with E-state index in [-0.39, 0.29) is 12.1 Å². The molecule has 1 aliphatic heterocycles. The minimum atomic E-state index is -0.0506. The molecule has 0 aromatic carbocycles. The molecule has 21 heavy (non-hydrogen) atoms. The lowest BCUT2D eigenvalue weighted by Gasteiger charge is -2.20. The Hall–Kier alpha value is -1.31. The van der Waals surface area contributed by atoms with Gasteiger partial charge in [0.05, 0.1) is 0 Å². The van der Waals surface area contributed by atoms with E-state index in [0.29, 0.717) is 6.42 Å². The van der Waals surface area contributed by atoms with Gasteiger partial charge in [0.25, 0.3) is 0 Å². The quantitative estimate of drug-likeness (QED) is 0.457. The smallest absolute Gasteiger partial charge is 0.306 e. The van der Waals surface area contributed by atoms with E-state index in [0.717, 1.165) is 38.5 Å². The molecule has 1 atom stereocenters. The van der Waals surface area contributed by atoms with Crippen LogP contribution < -0.4 is 0 Å². The fourth-order valence-electron chi connectivity index (χ4n) is 2.49. The van der Waals surface area contributed by atoms with Crippen LogP contribution in [0.5, 0.6) is 0 Å². The molecule has 118 valence electrons. The summed E-state index contributed by atoms with van der Waals surface area (Å²) in [6, 6.07) is 0. The van der Waals surface area contributed by atoms with Crippen molar-refractivity contribution in [2.75, 3.05) is 0 Å². The Kier molecular flexibility index (Phi) is 8.11. The fraction of sp³-hybridized carbons (Fsp3) is 0.632. The molecule has 1 rings (SSSR count). The molecular formula is C19H30O2. The molecule has 0 bridgehead atoms. The summed E-state index contributed by atoms with van der Waals surface area (Å²) in [5.41, 5.74) is 4.18. The van der Waals surface area contributed by atoms with Crippen LogP contribution in [-0.4, -0.2) is 12.1 Å². The lowest BCUT2D eigenvalue weighted by Crippen LogP contribution is -2.21. The standard InChI is InChI=1S/C19H30O2/c1-15(2)8-5-9-16(3)10-6-11-17(4)14-18-12-7-13-19(20)21-18/h8,10,14,18H,5-7,9,11-13H2,1-4H3/b16-10+,17-14+/t18-/m0/s1. The third kappa shape index (κ3) is 8.54. The molecule has 0 saturated carbocycles. The third-order valence-electron chi connectivity index (χ3n) is 3.75. The number of hydrogen-bond donors (Lipinski definition) is 0. The SMILES string of the molecule is CC(C)=CCC/C(C)=C/CC/C(C)=C/[C@@H]1CCCC(=O)O1. The van der Waals surface area contributed by atoms with Crippen LogP contribution in [0.1, 0.15) is 72.6 Å². The maximum atomic E-state index is 11.2. The van der Waals surface area contributed by atoms with Gasteiger partial charge in [-0.25, -0.2) is 0 Å². The van der Waals surface area contributed by atoms with E-state index in [2.05, 4.69) is 45.9 Å². The molecule has 1 saturated heterocycles. The summed E-state index contributed by atoms with van der Waals surface area (Å²) in [6.45, 7) is 8.63. The summed E-state index contributed by atoms with van der Waals surface area (Å²) >= 11 is 0. The summed E-state index contributed by atoms with van der Waals surface area (Å²) in [5.74, 6) is -0.0506. The summed E-state index contributed by atoms with van der Waals surface area (Å²) in [6.07, 6.45) is 13.7. The van der Waals surface area contributed by atoms with E-state index in [1.165, 1.54) is 16.7 Å². The van der Waals surface area contributed by atoms with Gasteiger partial charge in [-0.05, 0) is 72.3 Å². The van der Waals surface area contributed by atoms with Gasteiger partial charge in [0.1, 0.15) is 6.10 Å². The summed E-state index contributed by atoms with van der Waals surface area (Å²) in [7, 11) is 0. The number of rotatable bonds is 7. The van der Waals surface area contributed by atoms with Crippen molar-refractivity contribution in [3.8, 4) is 0 Å². The average molecular weight is 290 g/mol. The highest BCUT2D eigenvalue weighted by Gasteiger charge is 2.17. The average Bonchev–Trinajstić information content (AvgIpc) is 2.38. The lowest BCUT2D eigenvalue weighted by atomic mass is 10.0. The van der Waals surface area contributed by atoms with Gasteiger partial charge in [0.2, 0.25) is 0 Å². The Morgan fingerprint density at radius 1 is 1.10 bits per heavy atom. The second kappa shape index (κ2) is 9.59. The van der Waals surface area contributed by atoms with Crippen LogP contribution in [0.3, 0.4) is 0 Å². The van der Waals surface area contributed by atoms with E-state index in [4.69, 9.17) is 4.74 Å². The normalized spacial score (nSPS) is 20.2. The topological polar surface area (TPSA) is 26.3 Å². The number of carbonyl (C=O) groups is 1. The van der Waals surface area contributed by atoms with Crippen molar-refractivity contribution in [1.29, 1.82) is 0 Å². The van der Waals surface area contributed by atoms with E-state index in [1.807, 2.05) is 0 Å². The summed E-state index contributed by atoms with van der Waals surface area (Å²) in [5, 5.41) is 0. The van der Waals surface area contributed by atoms with Gasteiger partial charge in [-0.3, -0.25) is 4.79 Å². The molecule has 2 heteroatoms. The van der Waals surface area contributed by atoms with E-state index in [9.17, 15) is 4.79 Å². The second-order valence-corrected chi connectivity index (χ2v) is 6.34. The van der Waals surface area contributed by atoms with Crippen molar-refractivity contribution < 1.29 is 9.53 Å². The Morgan fingerprint density at radius 3 is 2.43 bits per heavy atom. The van der Waals surface area contributed by atoms with Crippen LogP contribution in [0.2, 0.25) is 0 Å². The van der Waals surface area contributed by atoms with Crippen LogP contribution in [-0.2, 0) is 9.53 Å². The van der Waals surface area contributed by atoms with Crippen molar-refractivity contribution >= 4 is 5.97 Å². The minimum Gasteiger partial charge on any atom is -0.458 e. The molecule has 1 fully saturated rings. The Labute approximate surface area is 130 Å². The minimum absolute atomic E-state index is 0.00833. The highest BCUT2D eigenvalue weighted by atomic mass is 16.5. The van der Waals surface area contributed by atoms with Crippen molar-refractivity contribution in [1.82, 2.24) is 0 Å². The van der Waals surface area contributed by atoms with E-state index < -0.39 is 0 Å². The first kappa shape index (κ1) is 17.7. The molecule has 2 nitrogen and oxygen atoms in total. The molecule has 0 aromatic rings. The Bertz CT molecular complexity index is 423. The highest BCUT2D eigenvalue weighted by molar-refractivity contribution is 5.70. The van der Waals surface area contributed by atoms with Crippen LogP contribution in [0.15, 0.2) is 34.9 Å². The van der Waals surface area contributed by atoms with Gasteiger partial charge in [0, 0.05) is 6.42 Å². The van der Waals surface area contributed by atoms with Crippen LogP contribution in [0, 0.1) is 0 Å². The van der Waals surface area contributed by atoms with Gasteiger partial charge in [-0.1, -0.05) is 28.9 Å². The first-order chi connectivity index (χ1) is 9.97. The maximum Gasteiger partial charge on any atom is 0.306 e. The van der Waals surface area contributed by atoms with Crippen LogP contribution in [0.25, 0.3) is 0 Å². The van der Waals surface area contributed by atoms with Crippen LogP contribution >= 0.6 is 0 Å². The first-order valence-electron chi connectivity index (χ1n) is 8.13. The first-order valence-corrected chi connectivity index (χ1v) is 8.13. The molecule has 1 heterocycles. The number of allylic oxidation sites excluding steroid dienone is 5. The van der Waals surface area contributed by atoms with Crippen molar-refractivity contribution in [3.63, 3.8) is 0 Å². The van der Waals surface area contributed by atoms with E-state index in [1.54, 1.807) is 0 Å². The number of ether oxygens (including phenoxy) is 1. The zero-order valence-corrected chi connectivity index (χ0v) is 14.1. The number of carbonyl (C=O) groups excluding carboxylic acids is 1. The van der Waals surface area contributed by atoms with Crippen molar-refractivity contribution in [3.05, 3.63) is 34.9 Å². The van der Waals surface area contributed by atoms with Gasteiger partial charge in [0.15, 0.2) is 0 Å². The van der Waals surface area contributed by atoms with Gasteiger partial charge in [-0.15, -0.1) is 0 Å². The molecule has 0 aliphatic carbocycles. The van der Waals surface area contributed by atoms with Gasteiger partial charge in [-0.2, -0.15) is 0 Å². The molecule has 0 amide bonds. The number of esters is 1. The fourth-order valence-corrected chi connectivity index (χ4v) is 2.49. The second-order valence-electron chi connectivity index (χ2n) is 6.34. The monoisotopic (exact) mass is 290 g/mol. The summed E-state index contributed by atoms with van der Waals surface area (Å²) < 4.78 is 5.32. The van der Waals surface area contributed by atoms with Gasteiger partial charge >= 0.3 is 5.97 Å². The van der Waals surface area contributed by atoms with Crippen LogP contribution in [0.4, 0.5) is 0 Å². The van der Waals surface area contributed by atoms with Gasteiger partial charge < -0.3 is 4.74 Å². The zero-order chi connectivity index (χ0) is 15.7. The Balaban J connectivity index is 2.29. The van der Waals surface area contributed by atoms with Crippen molar-refractivity contribution in [2.45, 2.75) is 78.7 Å². The van der Waals surface area contributed by atoms with Crippen molar-refractivity contribution in [2.24, 2.45) is 0 Å². The van der Waals surface area contributed by atoms with E-state index >= 15 is 0 Å². The Morgan fingerprint density at radius 2 is 1.76 bits per heavy atom. The number of cyclic esters (lactones) is 1.